The molecule has 0 amide bonds. The molecule has 0 spiro atoms. The summed E-state index contributed by atoms with van der Waals surface area (Å²) in [5.74, 6) is 0. The van der Waals surface area contributed by atoms with Gasteiger partial charge in [-0.1, -0.05) is 0 Å². The Morgan fingerprint density at radius 1 is 0.625 bits per heavy atom. The van der Waals surface area contributed by atoms with Crippen molar-refractivity contribution < 1.29 is 4.52 Å². The van der Waals surface area contributed by atoms with E-state index in [1.807, 2.05) is 7.11 Å². The van der Waals surface area contributed by atoms with Gasteiger partial charge in [-0.25, -0.2) is 0 Å². The van der Waals surface area contributed by atoms with Gasteiger partial charge in [0.1, 0.15) is 0 Å². The van der Waals surface area contributed by atoms with E-state index in [4.69, 9.17) is 4.52 Å². The van der Waals surface area contributed by atoms with Crippen LogP contribution < -0.4 is 15.9 Å². The minimum absolute atomic E-state index is 1.00. The zero-order valence-electron chi connectivity index (χ0n) is 14.4. The third kappa shape index (κ3) is 2.40. The van der Waals surface area contributed by atoms with E-state index in [1.54, 1.807) is 0 Å². The molecule has 0 aliphatic carbocycles. The molecule has 1 nitrogen and oxygen atoms in total. The molecule has 0 bridgehead atoms. The third-order valence-corrected chi connectivity index (χ3v) is 11.2. The van der Waals surface area contributed by atoms with Gasteiger partial charge < -0.3 is 0 Å². The maximum atomic E-state index is 6.65. The molecule has 3 rings (SSSR count). The predicted molar refractivity (Wildman–Crippen MR) is 107 cm³/mol. The van der Waals surface area contributed by atoms with Crippen LogP contribution in [0.5, 0.6) is 0 Å². The minimum atomic E-state index is -2.96. The van der Waals surface area contributed by atoms with Crippen LogP contribution in [0, 0.1) is 0 Å². The van der Waals surface area contributed by atoms with Crippen LogP contribution in [0.1, 0.15) is 13.3 Å². The number of rotatable bonds is 6. The topological polar surface area (TPSA) is 9.23 Å². The van der Waals surface area contributed by atoms with Gasteiger partial charge in [-0.2, -0.15) is 0 Å². The van der Waals surface area contributed by atoms with E-state index in [-0.39, 0.29) is 0 Å². The number of hydrogen-bond acceptors (Lipinski definition) is 1. The fourth-order valence-electron chi connectivity index (χ4n) is 3.90. The van der Waals surface area contributed by atoms with E-state index >= 15 is 0 Å². The first-order chi connectivity index (χ1) is 11.8. The van der Waals surface area contributed by atoms with Gasteiger partial charge in [0, 0.05) is 0 Å². The molecule has 0 saturated carbocycles. The normalized spacial score (nSPS) is 13.2. The first kappa shape index (κ1) is 16.9. The van der Waals surface area contributed by atoms with E-state index in [0.717, 1.165) is 12.6 Å². The Hall–Kier alpha value is -1.95. The van der Waals surface area contributed by atoms with E-state index in [0.29, 0.717) is 0 Å². The van der Waals surface area contributed by atoms with Gasteiger partial charge >= 0.3 is 145 Å². The van der Waals surface area contributed by atoms with Gasteiger partial charge in [0.2, 0.25) is 0 Å². The van der Waals surface area contributed by atoms with Crippen molar-refractivity contribution in [3.63, 3.8) is 0 Å². The summed E-state index contributed by atoms with van der Waals surface area (Å²) < 4.78 is 6.65. The summed E-state index contributed by atoms with van der Waals surface area (Å²) in [6, 6.07) is 32.4. The summed E-state index contributed by atoms with van der Waals surface area (Å²) in [6.07, 6.45) is 2.06. The molecule has 0 unspecified atom stereocenters. The summed E-state index contributed by atoms with van der Waals surface area (Å²) in [5, 5.41) is 3.89. The van der Waals surface area contributed by atoms with Gasteiger partial charge in [-0.15, -0.1) is 0 Å². The molecule has 0 aliphatic rings. The third-order valence-electron chi connectivity index (χ3n) is 4.96. The second kappa shape index (κ2) is 6.89. The molecule has 2 heteroatoms. The van der Waals surface area contributed by atoms with Crippen LogP contribution >= 0.6 is 6.83 Å². The molecule has 124 valence electrons. The van der Waals surface area contributed by atoms with Crippen LogP contribution in [0.3, 0.4) is 0 Å². The Labute approximate surface area is 145 Å². The Morgan fingerprint density at radius 2 is 0.958 bits per heavy atom. The van der Waals surface area contributed by atoms with E-state index < -0.39 is 6.83 Å². The molecule has 0 atom stereocenters. The van der Waals surface area contributed by atoms with Gasteiger partial charge in [-0.05, 0) is 0 Å². The van der Waals surface area contributed by atoms with E-state index in [9.17, 15) is 0 Å². The van der Waals surface area contributed by atoms with Crippen LogP contribution in [0.25, 0.3) is 0 Å². The Bertz CT molecular complexity index is 669. The Balaban J connectivity index is 2.47. The van der Waals surface area contributed by atoms with Crippen LogP contribution in [0.15, 0.2) is 91.0 Å². The molecule has 0 radical (unpaired) electrons. The van der Waals surface area contributed by atoms with Gasteiger partial charge in [0.25, 0.3) is 0 Å². The predicted octanol–water partition coefficient (Wildman–Crippen LogP) is 4.49. The molecule has 24 heavy (non-hydrogen) atoms. The van der Waals surface area contributed by atoms with Crippen LogP contribution in [-0.2, 0) is 4.52 Å². The van der Waals surface area contributed by atoms with Crippen LogP contribution in [0.2, 0.25) is 0 Å². The Kier molecular flexibility index (Phi) is 4.85. The first-order valence-electron chi connectivity index (χ1n) is 8.52. The summed E-state index contributed by atoms with van der Waals surface area (Å²) in [6.45, 7) is -0.710. The van der Waals surface area contributed by atoms with Gasteiger partial charge in [-0.3, -0.25) is 0 Å². The second-order valence-corrected chi connectivity index (χ2v) is 10.9. The van der Waals surface area contributed by atoms with Gasteiger partial charge in [0.15, 0.2) is 0 Å². The summed E-state index contributed by atoms with van der Waals surface area (Å²) in [4.78, 5) is 0. The van der Waals surface area contributed by atoms with Crippen molar-refractivity contribution >= 4 is 22.7 Å². The van der Waals surface area contributed by atoms with Crippen LogP contribution in [-0.4, -0.2) is 13.3 Å². The van der Waals surface area contributed by atoms with Gasteiger partial charge in [0.05, 0.1) is 0 Å². The quantitative estimate of drug-likeness (QED) is 0.603. The molecule has 0 heterocycles. The average molecular weight is 336 g/mol. The van der Waals surface area contributed by atoms with Crippen molar-refractivity contribution in [1.29, 1.82) is 0 Å². The van der Waals surface area contributed by atoms with Crippen molar-refractivity contribution in [1.82, 2.24) is 0 Å². The first-order valence-corrected chi connectivity index (χ1v) is 10.9. The van der Waals surface area contributed by atoms with Crippen molar-refractivity contribution in [2.75, 3.05) is 13.3 Å². The monoisotopic (exact) mass is 336 g/mol. The standard InChI is InChI=1S/C22H25OP/c1-3-19-24(23-2,20-13-7-4-8-14-20,21-15-9-5-10-16-21)22-17-11-6-12-18-22/h4-18H,3,19H2,1-2H3. The zero-order valence-corrected chi connectivity index (χ0v) is 15.3. The van der Waals surface area contributed by atoms with Crippen LogP contribution in [0.4, 0.5) is 0 Å². The summed E-state index contributed by atoms with van der Waals surface area (Å²) >= 11 is 0. The van der Waals surface area contributed by atoms with E-state index in [2.05, 4.69) is 97.9 Å². The summed E-state index contributed by atoms with van der Waals surface area (Å²) in [7, 11) is 1.89. The van der Waals surface area contributed by atoms with Crippen molar-refractivity contribution in [2.45, 2.75) is 13.3 Å². The molecule has 3 aromatic rings. The fraction of sp³-hybridized carbons (Fsp3) is 0.182. The second-order valence-electron chi connectivity index (χ2n) is 6.13. The molecule has 0 aliphatic heterocycles. The van der Waals surface area contributed by atoms with Crippen molar-refractivity contribution in [2.24, 2.45) is 0 Å². The molecule has 0 saturated heterocycles. The zero-order chi connectivity index (χ0) is 16.9. The van der Waals surface area contributed by atoms with E-state index in [1.165, 1.54) is 15.9 Å². The van der Waals surface area contributed by atoms with Crippen molar-refractivity contribution in [3.05, 3.63) is 91.0 Å². The number of benzene rings is 3. The fourth-order valence-corrected chi connectivity index (χ4v) is 9.64. The molecule has 0 aromatic heterocycles. The molecular weight excluding hydrogens is 311 g/mol. The number of hydrogen-bond donors (Lipinski definition) is 0. The molecule has 0 fully saturated rings. The summed E-state index contributed by atoms with van der Waals surface area (Å²) in [5.41, 5.74) is 0. The van der Waals surface area contributed by atoms with Crippen molar-refractivity contribution in [3.8, 4) is 0 Å². The maximum absolute atomic E-state index is 6.65. The SMILES string of the molecule is CCCP(OC)(c1ccccc1)(c1ccccc1)c1ccccc1. The average Bonchev–Trinajstić information content (AvgIpc) is 2.69. The molecular formula is C22H25OP. The molecule has 0 N–H and O–H groups in total. The Morgan fingerprint density at radius 3 is 1.21 bits per heavy atom. The molecule has 3 aromatic carbocycles.